The minimum Gasteiger partial charge on any atom is -0.497 e. The van der Waals surface area contributed by atoms with Gasteiger partial charge >= 0.3 is 0 Å². The van der Waals surface area contributed by atoms with Crippen LogP contribution in [0.5, 0.6) is 17.2 Å². The Morgan fingerprint density at radius 1 is 1.07 bits per heavy atom. The summed E-state index contributed by atoms with van der Waals surface area (Å²) in [4.78, 5) is 15.5. The Morgan fingerprint density at radius 3 is 2.52 bits per heavy atom. The number of hydrogen-bond acceptors (Lipinski definition) is 5. The van der Waals surface area contributed by atoms with E-state index >= 15 is 0 Å². The highest BCUT2D eigenvalue weighted by Gasteiger charge is 2.22. The molecular formula is C21H26N2O4. The summed E-state index contributed by atoms with van der Waals surface area (Å²) in [6, 6.07) is 15.4. The van der Waals surface area contributed by atoms with Crippen molar-refractivity contribution in [3.63, 3.8) is 0 Å². The molecular weight excluding hydrogens is 344 g/mol. The monoisotopic (exact) mass is 370 g/mol. The van der Waals surface area contributed by atoms with Crippen LogP contribution in [0.1, 0.15) is 12.5 Å². The minimum atomic E-state index is -0.532. The molecule has 1 aliphatic rings. The van der Waals surface area contributed by atoms with Gasteiger partial charge < -0.3 is 19.5 Å². The Kier molecular flexibility index (Phi) is 6.32. The van der Waals surface area contributed by atoms with Gasteiger partial charge in [0.2, 0.25) is 5.91 Å². The standard InChI is InChI=1S/C21H26N2O4/c1-16(24)23-11-10-22(14-18(25)15-23)13-17-4-3-5-21(12-17)27-20-8-6-19(26-2)7-9-20/h3-9,12,18,25H,10-11,13-15H2,1-2H3/t18-/m1/s1. The lowest BCUT2D eigenvalue weighted by Crippen LogP contribution is -2.36. The van der Waals surface area contributed by atoms with Crippen molar-refractivity contribution in [1.82, 2.24) is 9.80 Å². The molecule has 0 radical (unpaired) electrons. The van der Waals surface area contributed by atoms with E-state index in [1.54, 1.807) is 18.9 Å². The molecule has 0 spiro atoms. The quantitative estimate of drug-likeness (QED) is 0.876. The normalized spacial score (nSPS) is 18.0. The lowest BCUT2D eigenvalue weighted by Gasteiger charge is -2.21. The highest BCUT2D eigenvalue weighted by atomic mass is 16.5. The number of nitrogens with zero attached hydrogens (tertiary/aromatic N) is 2. The second-order valence-electron chi connectivity index (χ2n) is 6.78. The molecule has 6 heteroatoms. The molecule has 0 aromatic heterocycles. The molecule has 0 saturated carbocycles. The van der Waals surface area contributed by atoms with Gasteiger partial charge in [-0.15, -0.1) is 0 Å². The van der Waals surface area contributed by atoms with Crippen molar-refractivity contribution in [2.24, 2.45) is 0 Å². The lowest BCUT2D eigenvalue weighted by atomic mass is 10.2. The predicted octanol–water partition coefficient (Wildman–Crippen LogP) is 2.51. The molecule has 1 amide bonds. The van der Waals surface area contributed by atoms with Gasteiger partial charge in [-0.3, -0.25) is 9.69 Å². The molecule has 6 nitrogen and oxygen atoms in total. The average molecular weight is 370 g/mol. The second kappa shape index (κ2) is 8.88. The van der Waals surface area contributed by atoms with E-state index in [1.165, 1.54) is 0 Å². The van der Waals surface area contributed by atoms with Crippen LogP contribution in [0.15, 0.2) is 48.5 Å². The predicted molar refractivity (Wildman–Crippen MR) is 103 cm³/mol. The van der Waals surface area contributed by atoms with Crippen LogP contribution in [0.2, 0.25) is 0 Å². The van der Waals surface area contributed by atoms with E-state index in [9.17, 15) is 9.90 Å². The van der Waals surface area contributed by atoms with Gasteiger partial charge in [-0.05, 0) is 42.0 Å². The lowest BCUT2D eigenvalue weighted by molar-refractivity contribution is -0.129. The Balaban J connectivity index is 1.63. The number of amides is 1. The summed E-state index contributed by atoms with van der Waals surface area (Å²) in [5, 5.41) is 10.2. The molecule has 144 valence electrons. The van der Waals surface area contributed by atoms with Crippen molar-refractivity contribution in [2.75, 3.05) is 33.3 Å². The number of ether oxygens (including phenoxy) is 2. The van der Waals surface area contributed by atoms with Gasteiger partial charge in [0.05, 0.1) is 13.2 Å². The highest BCUT2D eigenvalue weighted by Crippen LogP contribution is 2.25. The number of aliphatic hydroxyl groups is 1. The molecule has 1 saturated heterocycles. The van der Waals surface area contributed by atoms with Crippen molar-refractivity contribution >= 4 is 5.91 Å². The van der Waals surface area contributed by atoms with Crippen molar-refractivity contribution < 1.29 is 19.4 Å². The van der Waals surface area contributed by atoms with Crippen LogP contribution in [0, 0.1) is 0 Å². The summed E-state index contributed by atoms with van der Waals surface area (Å²) >= 11 is 0. The van der Waals surface area contributed by atoms with Gasteiger partial charge in [0.25, 0.3) is 0 Å². The Morgan fingerprint density at radius 2 is 1.81 bits per heavy atom. The largest absolute Gasteiger partial charge is 0.497 e. The van der Waals surface area contributed by atoms with E-state index < -0.39 is 6.10 Å². The summed E-state index contributed by atoms with van der Waals surface area (Å²) in [6.07, 6.45) is -0.532. The molecule has 0 unspecified atom stereocenters. The molecule has 27 heavy (non-hydrogen) atoms. The molecule has 1 heterocycles. The van der Waals surface area contributed by atoms with Gasteiger partial charge in [0, 0.05) is 39.6 Å². The molecule has 1 N–H and O–H groups in total. The van der Waals surface area contributed by atoms with Crippen molar-refractivity contribution in [3.05, 3.63) is 54.1 Å². The number of hydrogen-bond donors (Lipinski definition) is 1. The van der Waals surface area contributed by atoms with Crippen LogP contribution >= 0.6 is 0 Å². The highest BCUT2D eigenvalue weighted by molar-refractivity contribution is 5.73. The van der Waals surface area contributed by atoms with E-state index in [2.05, 4.69) is 4.90 Å². The Hall–Kier alpha value is -2.57. The number of carbonyl (C=O) groups excluding carboxylic acids is 1. The van der Waals surface area contributed by atoms with Gasteiger partial charge in [-0.1, -0.05) is 12.1 Å². The number of aliphatic hydroxyl groups excluding tert-OH is 1. The van der Waals surface area contributed by atoms with Gasteiger partial charge in [0.15, 0.2) is 0 Å². The summed E-state index contributed by atoms with van der Waals surface area (Å²) in [7, 11) is 1.63. The molecule has 1 aliphatic heterocycles. The van der Waals surface area contributed by atoms with E-state index in [1.807, 2.05) is 48.5 Å². The summed E-state index contributed by atoms with van der Waals surface area (Å²) in [6.45, 7) is 4.55. The fourth-order valence-corrected chi connectivity index (χ4v) is 3.23. The van der Waals surface area contributed by atoms with E-state index in [0.29, 0.717) is 26.2 Å². The fourth-order valence-electron chi connectivity index (χ4n) is 3.23. The number of carbonyl (C=O) groups is 1. The first-order valence-corrected chi connectivity index (χ1v) is 9.10. The molecule has 2 aromatic rings. The zero-order valence-electron chi connectivity index (χ0n) is 15.8. The third-order valence-corrected chi connectivity index (χ3v) is 4.63. The van der Waals surface area contributed by atoms with Crippen LogP contribution in [0.3, 0.4) is 0 Å². The van der Waals surface area contributed by atoms with E-state index in [-0.39, 0.29) is 5.91 Å². The number of rotatable bonds is 5. The summed E-state index contributed by atoms with van der Waals surface area (Å²) in [5.74, 6) is 2.30. The first kappa shape index (κ1) is 19.2. The van der Waals surface area contributed by atoms with Crippen LogP contribution in [0.25, 0.3) is 0 Å². The van der Waals surface area contributed by atoms with Crippen LogP contribution in [-0.4, -0.2) is 60.2 Å². The molecule has 1 fully saturated rings. The van der Waals surface area contributed by atoms with Gasteiger partial charge in [0.1, 0.15) is 17.2 Å². The third-order valence-electron chi connectivity index (χ3n) is 4.63. The zero-order valence-corrected chi connectivity index (χ0v) is 15.8. The van der Waals surface area contributed by atoms with E-state index in [4.69, 9.17) is 9.47 Å². The maximum atomic E-state index is 11.6. The number of methoxy groups -OCH3 is 1. The maximum Gasteiger partial charge on any atom is 0.219 e. The molecule has 0 bridgehead atoms. The smallest absolute Gasteiger partial charge is 0.219 e. The first-order chi connectivity index (χ1) is 13.0. The molecule has 0 aliphatic carbocycles. The second-order valence-corrected chi connectivity index (χ2v) is 6.78. The van der Waals surface area contributed by atoms with Crippen LogP contribution < -0.4 is 9.47 Å². The SMILES string of the molecule is COc1ccc(Oc2cccc(CN3CCN(C(C)=O)C[C@H](O)C3)c2)cc1. The van der Waals surface area contributed by atoms with Crippen LogP contribution in [-0.2, 0) is 11.3 Å². The van der Waals surface area contributed by atoms with Crippen molar-refractivity contribution in [3.8, 4) is 17.2 Å². The maximum absolute atomic E-state index is 11.6. The van der Waals surface area contributed by atoms with Crippen molar-refractivity contribution in [2.45, 2.75) is 19.6 Å². The fraction of sp³-hybridized carbons (Fsp3) is 0.381. The first-order valence-electron chi connectivity index (χ1n) is 9.10. The number of β-amino-alcohol motifs (C(OH)–C–C–N with tert-alkyl or cyclic N) is 1. The molecule has 1 atom stereocenters. The Labute approximate surface area is 159 Å². The topological polar surface area (TPSA) is 62.2 Å². The third kappa shape index (κ3) is 5.45. The minimum absolute atomic E-state index is 0.00536. The Bertz CT molecular complexity index is 763. The summed E-state index contributed by atoms with van der Waals surface area (Å²) < 4.78 is 11.1. The summed E-state index contributed by atoms with van der Waals surface area (Å²) in [5.41, 5.74) is 1.10. The number of benzene rings is 2. The van der Waals surface area contributed by atoms with E-state index in [0.717, 1.165) is 29.4 Å². The zero-order chi connectivity index (χ0) is 19.2. The van der Waals surface area contributed by atoms with Gasteiger partial charge in [-0.25, -0.2) is 0 Å². The molecule has 3 rings (SSSR count). The molecule has 2 aromatic carbocycles. The van der Waals surface area contributed by atoms with Crippen molar-refractivity contribution in [1.29, 1.82) is 0 Å². The van der Waals surface area contributed by atoms with Gasteiger partial charge in [-0.2, -0.15) is 0 Å². The van der Waals surface area contributed by atoms with Crippen LogP contribution in [0.4, 0.5) is 0 Å². The average Bonchev–Trinajstić information content (AvgIpc) is 2.84.